The van der Waals surface area contributed by atoms with E-state index in [4.69, 9.17) is 0 Å². The van der Waals surface area contributed by atoms with Gasteiger partial charge in [0.15, 0.2) is 5.78 Å². The number of hydrogen-bond donors (Lipinski definition) is 0. The molecule has 110 valence electrons. The van der Waals surface area contributed by atoms with Crippen molar-refractivity contribution in [3.63, 3.8) is 0 Å². The van der Waals surface area contributed by atoms with Crippen LogP contribution < -0.4 is 0 Å². The van der Waals surface area contributed by atoms with Gasteiger partial charge in [-0.25, -0.2) is 0 Å². The molecule has 2 heteroatoms. The number of carbonyl (C=O) groups is 1. The molecule has 0 bridgehead atoms. The number of carbonyl (C=O) groups excluding carboxylic acids is 1. The zero-order valence-electron chi connectivity index (χ0n) is 13.1. The number of aromatic nitrogens is 1. The smallest absolute Gasteiger partial charge is 0.165 e. The van der Waals surface area contributed by atoms with Gasteiger partial charge in [-0.2, -0.15) is 0 Å². The minimum absolute atomic E-state index is 0.0760. The van der Waals surface area contributed by atoms with Crippen LogP contribution in [0.5, 0.6) is 0 Å². The van der Waals surface area contributed by atoms with Crippen molar-refractivity contribution in [3.8, 4) is 0 Å². The highest BCUT2D eigenvalue weighted by molar-refractivity contribution is 5.98. The van der Waals surface area contributed by atoms with Crippen LogP contribution in [0.2, 0.25) is 0 Å². The maximum atomic E-state index is 12.3. The van der Waals surface area contributed by atoms with Gasteiger partial charge in [0.2, 0.25) is 0 Å². The zero-order chi connectivity index (χ0) is 15.0. The summed E-state index contributed by atoms with van der Waals surface area (Å²) >= 11 is 0. The average Bonchev–Trinajstić information content (AvgIpc) is 2.82. The van der Waals surface area contributed by atoms with Crippen molar-refractivity contribution in [1.29, 1.82) is 0 Å². The number of nitrogens with zero attached hydrogens (tertiary/aromatic N) is 1. The molecular formula is C19H23NO. The second-order valence-corrected chi connectivity index (χ2v) is 7.06. The third-order valence-electron chi connectivity index (χ3n) is 4.46. The molecular weight excluding hydrogens is 258 g/mol. The number of benzene rings is 1. The van der Waals surface area contributed by atoms with E-state index in [9.17, 15) is 4.79 Å². The zero-order valence-corrected chi connectivity index (χ0v) is 13.1. The fourth-order valence-corrected chi connectivity index (χ4v) is 3.43. The Labute approximate surface area is 126 Å². The molecule has 1 aliphatic rings. The van der Waals surface area contributed by atoms with Crippen molar-refractivity contribution in [2.75, 3.05) is 0 Å². The van der Waals surface area contributed by atoms with Crippen LogP contribution in [0, 0.1) is 5.41 Å². The normalized spacial score (nSPS) is 18.3. The molecule has 0 amide bonds. The number of rotatable bonds is 3. The molecule has 2 nitrogen and oxygen atoms in total. The van der Waals surface area contributed by atoms with E-state index in [0.717, 1.165) is 18.4 Å². The Bertz CT molecular complexity index is 651. The van der Waals surface area contributed by atoms with Gasteiger partial charge in [0.05, 0.1) is 0 Å². The summed E-state index contributed by atoms with van der Waals surface area (Å²) in [6.45, 7) is 6.61. The van der Waals surface area contributed by atoms with Crippen LogP contribution in [-0.4, -0.2) is 10.4 Å². The first kappa shape index (κ1) is 14.1. The van der Waals surface area contributed by atoms with Crippen molar-refractivity contribution in [1.82, 2.24) is 4.57 Å². The van der Waals surface area contributed by atoms with E-state index in [1.54, 1.807) is 0 Å². The van der Waals surface area contributed by atoms with Crippen molar-refractivity contribution in [3.05, 3.63) is 59.4 Å². The lowest BCUT2D eigenvalue weighted by Crippen LogP contribution is -2.28. The van der Waals surface area contributed by atoms with Crippen LogP contribution in [0.3, 0.4) is 0 Å². The third kappa shape index (κ3) is 2.80. The Morgan fingerprint density at radius 2 is 1.86 bits per heavy atom. The molecule has 0 N–H and O–H groups in total. The highest BCUT2D eigenvalue weighted by Gasteiger charge is 2.33. The van der Waals surface area contributed by atoms with E-state index >= 15 is 0 Å². The Morgan fingerprint density at radius 3 is 2.57 bits per heavy atom. The van der Waals surface area contributed by atoms with E-state index in [2.05, 4.69) is 55.8 Å². The van der Waals surface area contributed by atoms with Gasteiger partial charge in [0.1, 0.15) is 0 Å². The maximum Gasteiger partial charge on any atom is 0.165 e. The summed E-state index contributed by atoms with van der Waals surface area (Å²) in [6, 6.07) is 12.9. The first-order chi connectivity index (χ1) is 9.96. The van der Waals surface area contributed by atoms with Crippen molar-refractivity contribution < 1.29 is 4.79 Å². The standard InChI is InChI=1S/C19H23NO/c1-14(11-15-7-5-4-6-8-15)20-10-9-16-17(20)12-19(2,3)13-18(16)21/h4-10,14H,11-13H2,1-3H3. The van der Waals surface area contributed by atoms with Crippen LogP contribution >= 0.6 is 0 Å². The second kappa shape index (κ2) is 5.18. The molecule has 1 aromatic heterocycles. The topological polar surface area (TPSA) is 22.0 Å². The molecule has 21 heavy (non-hydrogen) atoms. The molecule has 2 aromatic rings. The van der Waals surface area contributed by atoms with Gasteiger partial charge in [-0.05, 0) is 36.8 Å². The molecule has 1 atom stereocenters. The molecule has 1 aromatic carbocycles. The predicted molar refractivity (Wildman–Crippen MR) is 85.7 cm³/mol. The lowest BCUT2D eigenvalue weighted by atomic mass is 9.76. The second-order valence-electron chi connectivity index (χ2n) is 7.06. The Balaban J connectivity index is 1.89. The number of fused-ring (bicyclic) bond motifs is 1. The summed E-state index contributed by atoms with van der Waals surface area (Å²) in [4.78, 5) is 12.3. The quantitative estimate of drug-likeness (QED) is 0.815. The molecule has 0 aliphatic heterocycles. The molecule has 0 radical (unpaired) electrons. The van der Waals surface area contributed by atoms with Gasteiger partial charge in [-0.1, -0.05) is 44.2 Å². The highest BCUT2D eigenvalue weighted by Crippen LogP contribution is 2.36. The van der Waals surface area contributed by atoms with Gasteiger partial charge in [0, 0.05) is 29.9 Å². The predicted octanol–water partition coefficient (Wildman–Crippen LogP) is 4.45. The number of Topliss-reactive ketones (excluding diaryl/α,β-unsaturated/α-hetero) is 1. The monoisotopic (exact) mass is 281 g/mol. The minimum atomic E-state index is 0.0760. The SMILES string of the molecule is CC(Cc1ccccc1)n1ccc2c1CC(C)(C)CC2=O. The van der Waals surface area contributed by atoms with E-state index in [1.807, 2.05) is 12.1 Å². The maximum absolute atomic E-state index is 12.3. The fraction of sp³-hybridized carbons (Fsp3) is 0.421. The average molecular weight is 281 g/mol. The summed E-state index contributed by atoms with van der Waals surface area (Å²) in [5.74, 6) is 0.298. The van der Waals surface area contributed by atoms with Crippen molar-refractivity contribution in [2.24, 2.45) is 5.41 Å². The summed E-state index contributed by atoms with van der Waals surface area (Å²) < 4.78 is 2.31. The molecule has 0 fully saturated rings. The lowest BCUT2D eigenvalue weighted by molar-refractivity contribution is 0.0909. The summed E-state index contributed by atoms with van der Waals surface area (Å²) in [5, 5.41) is 0. The Hall–Kier alpha value is -1.83. The number of ketones is 1. The summed E-state index contributed by atoms with van der Waals surface area (Å²) in [5.41, 5.74) is 3.58. The van der Waals surface area contributed by atoms with Crippen LogP contribution in [0.4, 0.5) is 0 Å². The van der Waals surface area contributed by atoms with Gasteiger partial charge < -0.3 is 4.57 Å². The van der Waals surface area contributed by atoms with Crippen molar-refractivity contribution >= 4 is 5.78 Å². The molecule has 1 aliphatic carbocycles. The lowest BCUT2D eigenvalue weighted by Gasteiger charge is -2.31. The Morgan fingerprint density at radius 1 is 1.14 bits per heavy atom. The van der Waals surface area contributed by atoms with Crippen LogP contribution in [-0.2, 0) is 12.8 Å². The first-order valence-electron chi connectivity index (χ1n) is 7.73. The molecule has 1 unspecified atom stereocenters. The summed E-state index contributed by atoms with van der Waals surface area (Å²) in [6.07, 6.45) is 4.74. The first-order valence-corrected chi connectivity index (χ1v) is 7.73. The van der Waals surface area contributed by atoms with Gasteiger partial charge in [0.25, 0.3) is 0 Å². The Kier molecular flexibility index (Phi) is 3.48. The number of hydrogen-bond acceptors (Lipinski definition) is 1. The van der Waals surface area contributed by atoms with E-state index in [1.165, 1.54) is 11.3 Å². The van der Waals surface area contributed by atoms with E-state index < -0.39 is 0 Å². The van der Waals surface area contributed by atoms with E-state index in [-0.39, 0.29) is 5.41 Å². The van der Waals surface area contributed by atoms with Gasteiger partial charge >= 0.3 is 0 Å². The molecule has 0 saturated heterocycles. The third-order valence-corrected chi connectivity index (χ3v) is 4.46. The van der Waals surface area contributed by atoms with E-state index in [0.29, 0.717) is 18.2 Å². The molecule has 3 rings (SSSR count). The highest BCUT2D eigenvalue weighted by atomic mass is 16.1. The molecule has 0 spiro atoms. The largest absolute Gasteiger partial charge is 0.348 e. The fourth-order valence-electron chi connectivity index (χ4n) is 3.43. The minimum Gasteiger partial charge on any atom is -0.348 e. The van der Waals surface area contributed by atoms with Crippen LogP contribution in [0.15, 0.2) is 42.6 Å². The molecule has 0 saturated carbocycles. The van der Waals surface area contributed by atoms with Crippen LogP contribution in [0.25, 0.3) is 0 Å². The summed E-state index contributed by atoms with van der Waals surface area (Å²) in [7, 11) is 0. The van der Waals surface area contributed by atoms with Crippen LogP contribution in [0.1, 0.15) is 54.8 Å². The van der Waals surface area contributed by atoms with Gasteiger partial charge in [-0.3, -0.25) is 4.79 Å². The van der Waals surface area contributed by atoms with Gasteiger partial charge in [-0.15, -0.1) is 0 Å². The molecule has 1 heterocycles. The van der Waals surface area contributed by atoms with Crippen molar-refractivity contribution in [2.45, 2.75) is 46.1 Å².